The van der Waals surface area contributed by atoms with Gasteiger partial charge >= 0.3 is 0 Å². The lowest BCUT2D eigenvalue weighted by Crippen LogP contribution is -2.43. The monoisotopic (exact) mass is 248 g/mol. The minimum atomic E-state index is 0.245. The molecule has 0 spiro atoms. The lowest BCUT2D eigenvalue weighted by molar-refractivity contribution is 0.212. The number of rotatable bonds is 4. The molecule has 1 aromatic rings. The van der Waals surface area contributed by atoms with Gasteiger partial charge in [-0.2, -0.15) is 0 Å². The van der Waals surface area contributed by atoms with Crippen LogP contribution >= 0.6 is 0 Å². The number of nitrogens with zero attached hydrogens (tertiary/aromatic N) is 1. The molecule has 18 heavy (non-hydrogen) atoms. The average Bonchev–Trinajstić information content (AvgIpc) is 2.39. The average molecular weight is 248 g/mol. The highest BCUT2D eigenvalue weighted by Crippen LogP contribution is 2.27. The normalized spacial score (nSPS) is 22.1. The summed E-state index contributed by atoms with van der Waals surface area (Å²) in [7, 11) is 2.13. The number of benzene rings is 1. The summed E-state index contributed by atoms with van der Waals surface area (Å²) in [6.07, 6.45) is 3.89. The van der Waals surface area contributed by atoms with Gasteiger partial charge in [-0.3, -0.25) is 4.90 Å². The Labute approximate surface area is 110 Å². The summed E-state index contributed by atoms with van der Waals surface area (Å²) >= 11 is 0. The molecular weight excluding hydrogens is 224 g/mol. The Morgan fingerprint density at radius 2 is 2.17 bits per heavy atom. The fraction of sp³-hybridized carbons (Fsp3) is 0.600. The van der Waals surface area contributed by atoms with E-state index in [1.165, 1.54) is 19.3 Å². The number of likely N-dealkylation sites (N-methyl/N-ethyl adjacent to an activating group) is 1. The van der Waals surface area contributed by atoms with E-state index in [9.17, 15) is 5.11 Å². The lowest BCUT2D eigenvalue weighted by Gasteiger charge is -2.32. The van der Waals surface area contributed by atoms with Gasteiger partial charge in [0.25, 0.3) is 0 Å². The summed E-state index contributed by atoms with van der Waals surface area (Å²) < 4.78 is 0. The maximum atomic E-state index is 9.89. The molecule has 1 heterocycles. The highest BCUT2D eigenvalue weighted by atomic mass is 16.3. The van der Waals surface area contributed by atoms with E-state index in [-0.39, 0.29) is 6.04 Å². The van der Waals surface area contributed by atoms with Crippen molar-refractivity contribution in [1.29, 1.82) is 0 Å². The zero-order valence-corrected chi connectivity index (χ0v) is 11.4. The van der Waals surface area contributed by atoms with Crippen LogP contribution in [0.2, 0.25) is 0 Å². The van der Waals surface area contributed by atoms with Gasteiger partial charge in [-0.05, 0) is 39.4 Å². The summed E-state index contributed by atoms with van der Waals surface area (Å²) in [6, 6.07) is 8.46. The molecule has 1 fully saturated rings. The van der Waals surface area contributed by atoms with E-state index in [0.717, 1.165) is 18.7 Å². The van der Waals surface area contributed by atoms with Gasteiger partial charge in [-0.1, -0.05) is 24.6 Å². The molecule has 0 amide bonds. The molecule has 3 nitrogen and oxygen atoms in total. The zero-order chi connectivity index (χ0) is 13.0. The second-order valence-electron chi connectivity index (χ2n) is 5.32. The first kappa shape index (κ1) is 13.4. The molecular formula is C15H24N2O. The molecule has 1 aromatic carbocycles. The Bertz CT molecular complexity index is 375. The van der Waals surface area contributed by atoms with Crippen LogP contribution in [-0.2, 0) is 0 Å². The summed E-state index contributed by atoms with van der Waals surface area (Å²) in [5, 5.41) is 13.5. The third-order valence-corrected chi connectivity index (χ3v) is 3.97. The molecule has 2 unspecified atom stereocenters. The quantitative estimate of drug-likeness (QED) is 0.859. The summed E-state index contributed by atoms with van der Waals surface area (Å²) in [5.74, 6) is 0.397. The number of nitrogens with one attached hydrogen (secondary N) is 1. The minimum absolute atomic E-state index is 0.245. The van der Waals surface area contributed by atoms with Crippen molar-refractivity contribution in [2.45, 2.75) is 38.3 Å². The number of hydrogen-bond donors (Lipinski definition) is 2. The number of para-hydroxylation sites is 1. The van der Waals surface area contributed by atoms with Gasteiger partial charge in [0.1, 0.15) is 5.75 Å². The highest BCUT2D eigenvalue weighted by Gasteiger charge is 2.19. The van der Waals surface area contributed by atoms with Gasteiger partial charge in [-0.15, -0.1) is 0 Å². The van der Waals surface area contributed by atoms with Crippen molar-refractivity contribution in [3.05, 3.63) is 29.8 Å². The number of piperidine rings is 1. The smallest absolute Gasteiger partial charge is 0.120 e. The van der Waals surface area contributed by atoms with Crippen molar-refractivity contribution in [3.8, 4) is 5.75 Å². The third kappa shape index (κ3) is 3.24. The van der Waals surface area contributed by atoms with Gasteiger partial charge in [0.2, 0.25) is 0 Å². The fourth-order valence-corrected chi connectivity index (χ4v) is 2.66. The molecule has 0 bridgehead atoms. The Hall–Kier alpha value is -1.06. The summed E-state index contributed by atoms with van der Waals surface area (Å²) in [5.41, 5.74) is 1.01. The van der Waals surface area contributed by atoms with Crippen LogP contribution in [0.4, 0.5) is 0 Å². The SMILES string of the molecule is CC(c1ccccc1O)N(C)CC1CCCCN1. The molecule has 0 radical (unpaired) electrons. The van der Waals surface area contributed by atoms with E-state index in [1.807, 2.05) is 18.2 Å². The van der Waals surface area contributed by atoms with Crippen molar-refractivity contribution in [1.82, 2.24) is 10.2 Å². The minimum Gasteiger partial charge on any atom is -0.508 e. The van der Waals surface area contributed by atoms with Crippen molar-refractivity contribution >= 4 is 0 Å². The Balaban J connectivity index is 1.95. The van der Waals surface area contributed by atoms with E-state index < -0.39 is 0 Å². The molecule has 2 N–H and O–H groups in total. The molecule has 100 valence electrons. The Morgan fingerprint density at radius 3 is 2.83 bits per heavy atom. The van der Waals surface area contributed by atoms with Gasteiger partial charge in [0.05, 0.1) is 0 Å². The second kappa shape index (κ2) is 6.21. The maximum Gasteiger partial charge on any atom is 0.120 e. The van der Waals surface area contributed by atoms with E-state index in [4.69, 9.17) is 0 Å². The second-order valence-corrected chi connectivity index (χ2v) is 5.32. The summed E-state index contributed by atoms with van der Waals surface area (Å²) in [4.78, 5) is 2.32. The van der Waals surface area contributed by atoms with E-state index in [1.54, 1.807) is 6.07 Å². The zero-order valence-electron chi connectivity index (χ0n) is 11.4. The third-order valence-electron chi connectivity index (χ3n) is 3.97. The van der Waals surface area contributed by atoms with Crippen molar-refractivity contribution < 1.29 is 5.11 Å². The van der Waals surface area contributed by atoms with Crippen molar-refractivity contribution in [2.75, 3.05) is 20.1 Å². The molecule has 2 atom stereocenters. The van der Waals surface area contributed by atoms with Crippen LogP contribution in [0.5, 0.6) is 5.75 Å². The molecule has 0 aliphatic carbocycles. The van der Waals surface area contributed by atoms with Crippen LogP contribution in [0.3, 0.4) is 0 Å². The van der Waals surface area contributed by atoms with Crippen LogP contribution in [0.15, 0.2) is 24.3 Å². The number of phenols is 1. The van der Waals surface area contributed by atoms with E-state index >= 15 is 0 Å². The Kier molecular flexibility index (Phi) is 4.61. The topological polar surface area (TPSA) is 35.5 Å². The van der Waals surface area contributed by atoms with Gasteiger partial charge in [-0.25, -0.2) is 0 Å². The van der Waals surface area contributed by atoms with Gasteiger partial charge in [0.15, 0.2) is 0 Å². The standard InChI is InChI=1S/C15H24N2O/c1-12(14-8-3-4-9-15(14)18)17(2)11-13-7-5-6-10-16-13/h3-4,8-9,12-13,16,18H,5-7,10-11H2,1-2H3. The van der Waals surface area contributed by atoms with Crippen LogP contribution in [-0.4, -0.2) is 36.2 Å². The molecule has 2 rings (SSSR count). The molecule has 1 saturated heterocycles. The molecule has 1 aliphatic rings. The first-order chi connectivity index (χ1) is 8.68. The van der Waals surface area contributed by atoms with Crippen molar-refractivity contribution in [3.63, 3.8) is 0 Å². The first-order valence-corrected chi connectivity index (χ1v) is 6.90. The predicted molar refractivity (Wildman–Crippen MR) is 74.8 cm³/mol. The number of hydrogen-bond acceptors (Lipinski definition) is 3. The highest BCUT2D eigenvalue weighted by molar-refractivity contribution is 5.34. The van der Waals surface area contributed by atoms with E-state index in [0.29, 0.717) is 11.8 Å². The van der Waals surface area contributed by atoms with Crippen LogP contribution in [0.1, 0.15) is 37.8 Å². The molecule has 1 aliphatic heterocycles. The predicted octanol–water partition coefficient (Wildman–Crippen LogP) is 2.53. The number of phenolic OH excluding ortho intramolecular Hbond substituents is 1. The maximum absolute atomic E-state index is 9.89. The van der Waals surface area contributed by atoms with Crippen LogP contribution in [0.25, 0.3) is 0 Å². The molecule has 0 saturated carbocycles. The first-order valence-electron chi connectivity index (χ1n) is 6.90. The van der Waals surface area contributed by atoms with Crippen LogP contribution in [0, 0.1) is 0 Å². The number of aromatic hydroxyl groups is 1. The van der Waals surface area contributed by atoms with Crippen molar-refractivity contribution in [2.24, 2.45) is 0 Å². The fourth-order valence-electron chi connectivity index (χ4n) is 2.66. The van der Waals surface area contributed by atoms with E-state index in [2.05, 4.69) is 24.2 Å². The molecule has 0 aromatic heterocycles. The van der Waals surface area contributed by atoms with Gasteiger partial charge in [0, 0.05) is 24.2 Å². The Morgan fingerprint density at radius 1 is 1.39 bits per heavy atom. The van der Waals surface area contributed by atoms with Gasteiger partial charge < -0.3 is 10.4 Å². The lowest BCUT2D eigenvalue weighted by atomic mass is 10.0. The summed E-state index contributed by atoms with van der Waals surface area (Å²) in [6.45, 7) is 4.33. The van der Waals surface area contributed by atoms with Crippen LogP contribution < -0.4 is 5.32 Å². The largest absolute Gasteiger partial charge is 0.508 e. The molecule has 3 heteroatoms.